The highest BCUT2D eigenvalue weighted by Gasteiger charge is 2.13. The molecule has 0 aromatic heterocycles. The Morgan fingerprint density at radius 1 is 1.24 bits per heavy atom. The van der Waals surface area contributed by atoms with Gasteiger partial charge in [0.1, 0.15) is 0 Å². The van der Waals surface area contributed by atoms with Crippen molar-refractivity contribution in [2.75, 3.05) is 24.6 Å². The molecular formula is C14H23NO2. The minimum Gasteiger partial charge on any atom is -0.396 e. The van der Waals surface area contributed by atoms with Crippen LogP contribution in [0.15, 0.2) is 24.3 Å². The van der Waals surface area contributed by atoms with Crippen LogP contribution in [0.2, 0.25) is 0 Å². The molecule has 0 spiro atoms. The van der Waals surface area contributed by atoms with E-state index in [-0.39, 0.29) is 6.61 Å². The fourth-order valence-corrected chi connectivity index (χ4v) is 1.99. The Morgan fingerprint density at radius 2 is 1.94 bits per heavy atom. The summed E-state index contributed by atoms with van der Waals surface area (Å²) in [5.41, 5.74) is 2.06. The predicted octanol–water partition coefficient (Wildman–Crippen LogP) is 2.34. The summed E-state index contributed by atoms with van der Waals surface area (Å²) in [6.45, 7) is 5.97. The topological polar surface area (TPSA) is 43.7 Å². The molecule has 0 radical (unpaired) electrons. The quantitative estimate of drug-likeness (QED) is 0.765. The summed E-state index contributed by atoms with van der Waals surface area (Å²) >= 11 is 0. The van der Waals surface area contributed by atoms with Gasteiger partial charge in [-0.05, 0) is 25.8 Å². The molecule has 0 saturated heterocycles. The lowest BCUT2D eigenvalue weighted by molar-refractivity contribution is 0.174. The van der Waals surface area contributed by atoms with E-state index in [4.69, 9.17) is 5.11 Å². The highest BCUT2D eigenvalue weighted by molar-refractivity contribution is 5.54. The summed E-state index contributed by atoms with van der Waals surface area (Å²) in [5.74, 6) is 0. The molecule has 2 N–H and O–H groups in total. The monoisotopic (exact) mass is 237 g/mol. The fourth-order valence-electron chi connectivity index (χ4n) is 1.99. The molecule has 3 heteroatoms. The number of hydrogen-bond donors (Lipinski definition) is 2. The number of nitrogens with zero attached hydrogens (tertiary/aromatic N) is 1. The molecule has 0 aliphatic rings. The molecule has 3 nitrogen and oxygen atoms in total. The Labute approximate surface area is 104 Å². The Hall–Kier alpha value is -1.06. The van der Waals surface area contributed by atoms with Crippen LogP contribution in [0.1, 0.15) is 38.4 Å². The normalized spacial score (nSPS) is 12.5. The van der Waals surface area contributed by atoms with Crippen molar-refractivity contribution < 1.29 is 10.2 Å². The van der Waals surface area contributed by atoms with Gasteiger partial charge in [0.15, 0.2) is 0 Å². The van der Waals surface area contributed by atoms with Crippen LogP contribution in [0, 0.1) is 0 Å². The van der Waals surface area contributed by atoms with Gasteiger partial charge in [0, 0.05) is 30.9 Å². The third-order valence-electron chi connectivity index (χ3n) is 2.99. The summed E-state index contributed by atoms with van der Waals surface area (Å²) < 4.78 is 0. The van der Waals surface area contributed by atoms with Crippen LogP contribution >= 0.6 is 0 Å². The summed E-state index contributed by atoms with van der Waals surface area (Å²) in [7, 11) is 0. The van der Waals surface area contributed by atoms with Crippen LogP contribution in [-0.2, 0) is 0 Å². The Kier molecular flexibility index (Phi) is 6.01. The van der Waals surface area contributed by atoms with Crippen molar-refractivity contribution in [3.63, 3.8) is 0 Å². The maximum absolute atomic E-state index is 10.0. The molecular weight excluding hydrogens is 214 g/mol. The standard InChI is InChI=1S/C14H23NO2/c1-3-14(17)12-8-5-6-9-13(12)15(4-2)10-7-11-16/h5-6,8-9,14,16-17H,3-4,7,10-11H2,1-2H3/t14-/m1/s1. The van der Waals surface area contributed by atoms with Gasteiger partial charge in [-0.3, -0.25) is 0 Å². The molecule has 0 amide bonds. The third-order valence-corrected chi connectivity index (χ3v) is 2.99. The first kappa shape index (κ1) is 14.0. The van der Waals surface area contributed by atoms with E-state index in [2.05, 4.69) is 11.8 Å². The highest BCUT2D eigenvalue weighted by Crippen LogP contribution is 2.28. The summed E-state index contributed by atoms with van der Waals surface area (Å²) in [6.07, 6.45) is 1.06. The first-order valence-electron chi connectivity index (χ1n) is 6.37. The van der Waals surface area contributed by atoms with Crippen molar-refractivity contribution in [3.05, 3.63) is 29.8 Å². The second-order valence-electron chi connectivity index (χ2n) is 4.14. The molecule has 1 atom stereocenters. The third kappa shape index (κ3) is 3.72. The molecule has 0 saturated carbocycles. The van der Waals surface area contributed by atoms with E-state index >= 15 is 0 Å². The molecule has 0 fully saturated rings. The van der Waals surface area contributed by atoms with E-state index in [1.54, 1.807) is 0 Å². The fraction of sp³-hybridized carbons (Fsp3) is 0.571. The Balaban J connectivity index is 2.93. The average molecular weight is 237 g/mol. The Morgan fingerprint density at radius 3 is 2.53 bits per heavy atom. The molecule has 96 valence electrons. The lowest BCUT2D eigenvalue weighted by Crippen LogP contribution is -2.26. The lowest BCUT2D eigenvalue weighted by Gasteiger charge is -2.27. The van der Waals surface area contributed by atoms with Crippen molar-refractivity contribution in [2.45, 2.75) is 32.8 Å². The van der Waals surface area contributed by atoms with Gasteiger partial charge in [-0.25, -0.2) is 0 Å². The van der Waals surface area contributed by atoms with Crippen molar-refractivity contribution >= 4 is 5.69 Å². The molecule has 0 aliphatic carbocycles. The number of rotatable bonds is 7. The van der Waals surface area contributed by atoms with Gasteiger partial charge < -0.3 is 15.1 Å². The molecule has 1 aromatic rings. The maximum Gasteiger partial charge on any atom is 0.0807 e. The summed E-state index contributed by atoms with van der Waals surface area (Å²) in [5, 5.41) is 18.9. The number of aliphatic hydroxyl groups excluding tert-OH is 2. The van der Waals surface area contributed by atoms with Gasteiger partial charge >= 0.3 is 0 Å². The highest BCUT2D eigenvalue weighted by atomic mass is 16.3. The first-order chi connectivity index (χ1) is 8.24. The van der Waals surface area contributed by atoms with Gasteiger partial charge in [0.05, 0.1) is 6.10 Å². The molecule has 0 aliphatic heterocycles. The number of benzene rings is 1. The minimum atomic E-state index is -0.408. The van der Waals surface area contributed by atoms with Gasteiger partial charge in [-0.1, -0.05) is 25.1 Å². The van der Waals surface area contributed by atoms with E-state index in [1.807, 2.05) is 31.2 Å². The zero-order chi connectivity index (χ0) is 12.7. The van der Waals surface area contributed by atoms with Crippen LogP contribution in [0.25, 0.3) is 0 Å². The first-order valence-corrected chi connectivity index (χ1v) is 6.37. The van der Waals surface area contributed by atoms with Crippen molar-refractivity contribution in [3.8, 4) is 0 Å². The van der Waals surface area contributed by atoms with Crippen LogP contribution in [0.4, 0.5) is 5.69 Å². The zero-order valence-electron chi connectivity index (χ0n) is 10.8. The van der Waals surface area contributed by atoms with Crippen molar-refractivity contribution in [1.29, 1.82) is 0 Å². The predicted molar refractivity (Wildman–Crippen MR) is 71.3 cm³/mol. The zero-order valence-corrected chi connectivity index (χ0v) is 10.8. The van der Waals surface area contributed by atoms with E-state index in [0.717, 1.165) is 30.8 Å². The van der Waals surface area contributed by atoms with Gasteiger partial charge in [-0.15, -0.1) is 0 Å². The second kappa shape index (κ2) is 7.30. The van der Waals surface area contributed by atoms with E-state index < -0.39 is 6.10 Å². The summed E-state index contributed by atoms with van der Waals surface area (Å²) in [6, 6.07) is 7.96. The number of hydrogen-bond acceptors (Lipinski definition) is 3. The van der Waals surface area contributed by atoms with Crippen LogP contribution in [-0.4, -0.2) is 29.9 Å². The molecule has 0 bridgehead atoms. The Bertz CT molecular complexity index is 328. The van der Waals surface area contributed by atoms with Crippen molar-refractivity contribution in [1.82, 2.24) is 0 Å². The summed E-state index contributed by atoms with van der Waals surface area (Å²) in [4.78, 5) is 2.20. The maximum atomic E-state index is 10.0. The smallest absolute Gasteiger partial charge is 0.0807 e. The van der Waals surface area contributed by atoms with Gasteiger partial charge in [-0.2, -0.15) is 0 Å². The van der Waals surface area contributed by atoms with Crippen LogP contribution in [0.5, 0.6) is 0 Å². The van der Waals surface area contributed by atoms with Crippen molar-refractivity contribution in [2.24, 2.45) is 0 Å². The molecule has 0 heterocycles. The largest absolute Gasteiger partial charge is 0.396 e. The molecule has 0 unspecified atom stereocenters. The molecule has 1 rings (SSSR count). The second-order valence-corrected chi connectivity index (χ2v) is 4.14. The molecule has 1 aromatic carbocycles. The molecule has 17 heavy (non-hydrogen) atoms. The van der Waals surface area contributed by atoms with E-state index in [9.17, 15) is 5.11 Å². The van der Waals surface area contributed by atoms with E-state index in [0.29, 0.717) is 6.42 Å². The van der Waals surface area contributed by atoms with Gasteiger partial charge in [0.2, 0.25) is 0 Å². The van der Waals surface area contributed by atoms with Gasteiger partial charge in [0.25, 0.3) is 0 Å². The van der Waals surface area contributed by atoms with Crippen LogP contribution in [0.3, 0.4) is 0 Å². The SMILES string of the molecule is CC[C@@H](O)c1ccccc1N(CC)CCCO. The van der Waals surface area contributed by atoms with Crippen LogP contribution < -0.4 is 4.90 Å². The number of aliphatic hydroxyl groups is 2. The number of para-hydroxylation sites is 1. The average Bonchev–Trinajstić information content (AvgIpc) is 2.39. The lowest BCUT2D eigenvalue weighted by atomic mass is 10.0. The van der Waals surface area contributed by atoms with E-state index in [1.165, 1.54) is 0 Å². The minimum absolute atomic E-state index is 0.203. The number of anilines is 1.